The van der Waals surface area contributed by atoms with Crippen LogP contribution in [0, 0.1) is 6.92 Å². The molecule has 2 heterocycles. The van der Waals surface area contributed by atoms with Gasteiger partial charge in [-0.25, -0.2) is 4.98 Å². The topological polar surface area (TPSA) is 64.3 Å². The molecule has 9 heteroatoms. The lowest BCUT2D eigenvalue weighted by atomic mass is 10.1. The number of ether oxygens (including phenoxy) is 1. The van der Waals surface area contributed by atoms with Gasteiger partial charge in [-0.1, -0.05) is 19.1 Å². The van der Waals surface area contributed by atoms with E-state index in [1.165, 1.54) is 23.5 Å². The number of aliphatic carboxylic acids is 1. The largest absolute Gasteiger partial charge is 0.493 e. The summed E-state index contributed by atoms with van der Waals surface area (Å²) >= 11 is 1.45. The van der Waals surface area contributed by atoms with Gasteiger partial charge in [-0.05, 0) is 36.8 Å². The predicted molar refractivity (Wildman–Crippen MR) is 125 cm³/mol. The molecule has 178 valence electrons. The molecule has 0 aliphatic rings. The van der Waals surface area contributed by atoms with E-state index in [4.69, 9.17) is 9.84 Å². The first-order chi connectivity index (χ1) is 16.0. The molecule has 34 heavy (non-hydrogen) atoms. The maximum Gasteiger partial charge on any atom is 0.416 e. The van der Waals surface area contributed by atoms with Gasteiger partial charge >= 0.3 is 12.1 Å². The molecule has 0 unspecified atom stereocenters. The lowest BCUT2D eigenvalue weighted by Gasteiger charge is -2.13. The Balaban J connectivity index is 1.48. The number of hydrogen-bond acceptors (Lipinski definition) is 4. The van der Waals surface area contributed by atoms with Gasteiger partial charge in [0.1, 0.15) is 10.8 Å². The van der Waals surface area contributed by atoms with Gasteiger partial charge in [-0.15, -0.1) is 11.3 Å². The highest BCUT2D eigenvalue weighted by atomic mass is 32.1. The number of nitrogens with zero attached hydrogens (tertiary/aromatic N) is 2. The van der Waals surface area contributed by atoms with Crippen molar-refractivity contribution in [3.8, 4) is 16.3 Å². The van der Waals surface area contributed by atoms with Crippen molar-refractivity contribution in [3.63, 3.8) is 0 Å². The lowest BCUT2D eigenvalue weighted by Crippen LogP contribution is -2.07. The molecule has 1 N–H and O–H groups in total. The number of thiazole rings is 1. The van der Waals surface area contributed by atoms with Crippen LogP contribution in [0.2, 0.25) is 0 Å². The van der Waals surface area contributed by atoms with Crippen molar-refractivity contribution < 1.29 is 27.8 Å². The summed E-state index contributed by atoms with van der Waals surface area (Å²) in [7, 11) is 1.86. The van der Waals surface area contributed by atoms with Crippen LogP contribution in [0.4, 0.5) is 13.2 Å². The molecule has 2 aromatic heterocycles. The Hall–Kier alpha value is -3.33. The maximum atomic E-state index is 12.8. The Morgan fingerprint density at radius 2 is 1.91 bits per heavy atom. The molecule has 0 amide bonds. The van der Waals surface area contributed by atoms with Gasteiger partial charge in [0.15, 0.2) is 0 Å². The van der Waals surface area contributed by atoms with E-state index in [1.807, 2.05) is 49.9 Å². The molecule has 0 radical (unpaired) electrons. The number of alkyl halides is 3. The molecule has 4 aromatic rings. The SMILES string of the molecule is Cc1nc(-c2ccc(C(F)(F)F)cc2)sc1[C@@H](C)COc1ccc2c(CC(=O)O)cn(C)c2c1. The van der Waals surface area contributed by atoms with Crippen molar-refractivity contribution in [2.45, 2.75) is 32.4 Å². The third kappa shape index (κ3) is 4.94. The van der Waals surface area contributed by atoms with E-state index in [-0.39, 0.29) is 12.3 Å². The van der Waals surface area contributed by atoms with Crippen LogP contribution in [0.3, 0.4) is 0 Å². The first-order valence-corrected chi connectivity index (χ1v) is 11.4. The van der Waals surface area contributed by atoms with Crippen molar-refractivity contribution >= 4 is 28.2 Å². The highest BCUT2D eigenvalue weighted by Crippen LogP contribution is 2.35. The van der Waals surface area contributed by atoms with Crippen LogP contribution < -0.4 is 4.74 Å². The lowest BCUT2D eigenvalue weighted by molar-refractivity contribution is -0.138. The van der Waals surface area contributed by atoms with Gasteiger partial charge < -0.3 is 14.4 Å². The van der Waals surface area contributed by atoms with E-state index in [0.717, 1.165) is 39.2 Å². The van der Waals surface area contributed by atoms with Crippen molar-refractivity contribution in [2.24, 2.45) is 7.05 Å². The molecular weight excluding hydrogens is 465 g/mol. The van der Waals surface area contributed by atoms with E-state index >= 15 is 0 Å². The summed E-state index contributed by atoms with van der Waals surface area (Å²) in [5.41, 5.74) is 2.43. The van der Waals surface area contributed by atoms with Gasteiger partial charge in [0.2, 0.25) is 0 Å². The summed E-state index contributed by atoms with van der Waals surface area (Å²) in [4.78, 5) is 16.7. The molecule has 0 aliphatic heterocycles. The molecule has 0 saturated carbocycles. The summed E-state index contributed by atoms with van der Waals surface area (Å²) in [5, 5.41) is 10.7. The minimum atomic E-state index is -4.37. The number of carbonyl (C=O) groups is 1. The number of rotatable bonds is 7. The Morgan fingerprint density at radius 3 is 2.56 bits per heavy atom. The summed E-state index contributed by atoms with van der Waals surface area (Å²) in [5.74, 6) is -0.183. The highest BCUT2D eigenvalue weighted by Gasteiger charge is 2.30. The number of fused-ring (bicyclic) bond motifs is 1. The predicted octanol–water partition coefficient (Wildman–Crippen LogP) is 6.44. The second kappa shape index (κ2) is 9.13. The number of carboxylic acid groups (broad SMARTS) is 1. The van der Waals surface area contributed by atoms with E-state index in [9.17, 15) is 18.0 Å². The van der Waals surface area contributed by atoms with Gasteiger partial charge in [0, 0.05) is 41.1 Å². The van der Waals surface area contributed by atoms with Crippen molar-refractivity contribution in [1.29, 1.82) is 0 Å². The first-order valence-electron chi connectivity index (χ1n) is 10.6. The van der Waals surface area contributed by atoms with Crippen molar-refractivity contribution in [3.05, 3.63) is 70.4 Å². The summed E-state index contributed by atoms with van der Waals surface area (Å²) in [6.45, 7) is 4.30. The fourth-order valence-electron chi connectivity index (χ4n) is 3.93. The quantitative estimate of drug-likeness (QED) is 0.325. The van der Waals surface area contributed by atoms with E-state index in [2.05, 4.69) is 4.98 Å². The molecule has 0 saturated heterocycles. The molecule has 4 rings (SSSR count). The van der Waals surface area contributed by atoms with Gasteiger partial charge in [-0.3, -0.25) is 4.79 Å². The Morgan fingerprint density at radius 1 is 1.21 bits per heavy atom. The minimum absolute atomic E-state index is 0.0207. The number of halogens is 3. The van der Waals surface area contributed by atoms with Gasteiger partial charge in [-0.2, -0.15) is 13.2 Å². The third-order valence-corrected chi connectivity index (χ3v) is 7.06. The van der Waals surface area contributed by atoms with E-state index < -0.39 is 17.7 Å². The van der Waals surface area contributed by atoms with Crippen LogP contribution in [0.15, 0.2) is 48.7 Å². The summed E-state index contributed by atoms with van der Waals surface area (Å²) in [6.07, 6.45) is -2.59. The Labute approximate surface area is 198 Å². The maximum absolute atomic E-state index is 12.8. The fraction of sp³-hybridized carbons (Fsp3) is 0.280. The molecule has 0 aliphatic carbocycles. The Bertz CT molecular complexity index is 1340. The normalized spacial score (nSPS) is 12.8. The molecule has 5 nitrogen and oxygen atoms in total. The number of aromatic nitrogens is 2. The second-order valence-electron chi connectivity index (χ2n) is 8.27. The van der Waals surface area contributed by atoms with Crippen LogP contribution >= 0.6 is 11.3 Å². The number of aryl methyl sites for hydroxylation is 2. The van der Waals surface area contributed by atoms with Crippen molar-refractivity contribution in [2.75, 3.05) is 6.61 Å². The van der Waals surface area contributed by atoms with Crippen LogP contribution in [-0.4, -0.2) is 27.2 Å². The zero-order valence-corrected chi connectivity index (χ0v) is 19.6. The van der Waals surface area contributed by atoms with Gasteiger partial charge in [0.25, 0.3) is 0 Å². The second-order valence-corrected chi connectivity index (χ2v) is 9.30. The van der Waals surface area contributed by atoms with Crippen LogP contribution in [-0.2, 0) is 24.4 Å². The third-order valence-electron chi connectivity index (χ3n) is 5.63. The summed E-state index contributed by atoms with van der Waals surface area (Å²) in [6, 6.07) is 10.6. The molecule has 0 spiro atoms. The zero-order valence-electron chi connectivity index (χ0n) is 18.8. The van der Waals surface area contributed by atoms with Crippen LogP contribution in [0.5, 0.6) is 5.75 Å². The fourth-order valence-corrected chi connectivity index (χ4v) is 5.04. The number of hydrogen-bond donors (Lipinski definition) is 1. The monoisotopic (exact) mass is 488 g/mol. The number of carboxylic acids is 1. The first kappa shape index (κ1) is 23.8. The standard InChI is InChI=1S/C25H23F3N2O3S/c1-14(13-33-19-8-9-20-17(10-22(31)32)12-30(3)21(20)11-19)23-15(2)29-24(34-23)16-4-6-18(7-5-16)25(26,27)28/h4-9,11-12,14H,10,13H2,1-3H3,(H,31,32)/t14-/m0/s1. The van der Waals surface area contributed by atoms with Crippen LogP contribution in [0.1, 0.15) is 34.5 Å². The Kier molecular flexibility index (Phi) is 6.40. The smallest absolute Gasteiger partial charge is 0.416 e. The zero-order chi connectivity index (χ0) is 24.6. The average molecular weight is 489 g/mol. The highest BCUT2D eigenvalue weighted by molar-refractivity contribution is 7.15. The van der Waals surface area contributed by atoms with Crippen LogP contribution in [0.25, 0.3) is 21.5 Å². The summed E-state index contributed by atoms with van der Waals surface area (Å²) < 4.78 is 46.4. The molecule has 1 atom stereocenters. The van der Waals surface area contributed by atoms with E-state index in [0.29, 0.717) is 22.9 Å². The average Bonchev–Trinajstić information content (AvgIpc) is 3.31. The molecule has 2 aromatic carbocycles. The number of benzene rings is 2. The van der Waals surface area contributed by atoms with Gasteiger partial charge in [0.05, 0.1) is 29.8 Å². The minimum Gasteiger partial charge on any atom is -0.493 e. The molecule has 0 fully saturated rings. The van der Waals surface area contributed by atoms with Crippen molar-refractivity contribution in [1.82, 2.24) is 9.55 Å². The molecular formula is C25H23F3N2O3S. The van der Waals surface area contributed by atoms with E-state index in [1.54, 1.807) is 0 Å². The molecule has 0 bridgehead atoms.